The highest BCUT2D eigenvalue weighted by Crippen LogP contribution is 2.19. The molecule has 2 rings (SSSR count). The van der Waals surface area contributed by atoms with E-state index in [4.69, 9.17) is 4.84 Å². The Hall–Kier alpha value is -1.87. The van der Waals surface area contributed by atoms with Gasteiger partial charge in [0.05, 0.1) is 6.54 Å². The molecule has 0 bridgehead atoms. The standard InChI is InChI=1S/C12H11NO2/c14-8-7-13-15-12-6-5-10-3-1-2-4-11(10)9-12/h1-6,8-9,13H,7H2. The molecule has 3 heteroatoms. The molecule has 0 aliphatic heterocycles. The van der Waals surface area contributed by atoms with Crippen LogP contribution >= 0.6 is 0 Å². The van der Waals surface area contributed by atoms with E-state index in [2.05, 4.69) is 5.48 Å². The van der Waals surface area contributed by atoms with E-state index in [0.717, 1.165) is 11.7 Å². The van der Waals surface area contributed by atoms with Gasteiger partial charge in [-0.3, -0.25) is 0 Å². The SMILES string of the molecule is O=CCNOc1ccc2ccccc2c1. The molecule has 2 aromatic carbocycles. The number of carbonyl (C=O) groups is 1. The third kappa shape index (κ3) is 2.33. The van der Waals surface area contributed by atoms with Gasteiger partial charge in [-0.15, -0.1) is 5.48 Å². The first-order chi connectivity index (χ1) is 7.40. The van der Waals surface area contributed by atoms with Crippen molar-refractivity contribution < 1.29 is 9.63 Å². The maximum atomic E-state index is 10.1. The summed E-state index contributed by atoms with van der Waals surface area (Å²) in [4.78, 5) is 15.2. The third-order valence-electron chi connectivity index (χ3n) is 2.08. The van der Waals surface area contributed by atoms with Crippen molar-refractivity contribution >= 4 is 17.1 Å². The van der Waals surface area contributed by atoms with Crippen LogP contribution in [0.25, 0.3) is 10.8 Å². The van der Waals surface area contributed by atoms with Crippen molar-refractivity contribution in [2.45, 2.75) is 0 Å². The Labute approximate surface area is 87.6 Å². The Bertz CT molecular complexity index is 468. The number of hydrogen-bond acceptors (Lipinski definition) is 3. The quantitative estimate of drug-likeness (QED) is 0.466. The topological polar surface area (TPSA) is 38.3 Å². The molecule has 0 aliphatic carbocycles. The second-order valence-electron chi connectivity index (χ2n) is 3.13. The summed E-state index contributed by atoms with van der Waals surface area (Å²) >= 11 is 0. The van der Waals surface area contributed by atoms with Gasteiger partial charge in [0.1, 0.15) is 12.0 Å². The van der Waals surface area contributed by atoms with Crippen LogP contribution in [-0.4, -0.2) is 12.8 Å². The van der Waals surface area contributed by atoms with Crippen molar-refractivity contribution in [3.05, 3.63) is 42.5 Å². The van der Waals surface area contributed by atoms with Gasteiger partial charge in [0.15, 0.2) is 0 Å². The minimum absolute atomic E-state index is 0.187. The molecule has 0 radical (unpaired) electrons. The minimum Gasteiger partial charge on any atom is -0.408 e. The molecule has 0 aliphatic rings. The average molecular weight is 201 g/mol. The molecule has 0 spiro atoms. The molecule has 0 atom stereocenters. The Morgan fingerprint density at radius 1 is 1.13 bits per heavy atom. The summed E-state index contributed by atoms with van der Waals surface area (Å²) in [5.74, 6) is 0.704. The zero-order valence-corrected chi connectivity index (χ0v) is 8.14. The lowest BCUT2D eigenvalue weighted by Gasteiger charge is -2.05. The monoisotopic (exact) mass is 201 g/mol. The fourth-order valence-electron chi connectivity index (χ4n) is 1.39. The fourth-order valence-corrected chi connectivity index (χ4v) is 1.39. The molecule has 1 N–H and O–H groups in total. The van der Waals surface area contributed by atoms with E-state index in [9.17, 15) is 4.79 Å². The van der Waals surface area contributed by atoms with Crippen molar-refractivity contribution in [1.82, 2.24) is 5.48 Å². The molecule has 0 amide bonds. The van der Waals surface area contributed by atoms with Crippen molar-refractivity contribution in [3.63, 3.8) is 0 Å². The molecule has 76 valence electrons. The summed E-state index contributed by atoms with van der Waals surface area (Å²) in [6, 6.07) is 13.8. The van der Waals surface area contributed by atoms with E-state index >= 15 is 0 Å². The maximum Gasteiger partial charge on any atom is 0.147 e. The fraction of sp³-hybridized carbons (Fsp3) is 0.0833. The van der Waals surface area contributed by atoms with Crippen LogP contribution in [0.3, 0.4) is 0 Å². The van der Waals surface area contributed by atoms with Crippen LogP contribution in [0.5, 0.6) is 5.75 Å². The molecule has 0 heterocycles. The largest absolute Gasteiger partial charge is 0.408 e. The number of hydroxylamine groups is 1. The number of rotatable bonds is 4. The van der Waals surface area contributed by atoms with E-state index < -0.39 is 0 Å². The van der Waals surface area contributed by atoms with Crippen molar-refractivity contribution in [1.29, 1.82) is 0 Å². The minimum atomic E-state index is 0.187. The predicted octanol–water partition coefficient (Wildman–Crippen LogP) is 1.92. The molecular formula is C12H11NO2. The summed E-state index contributed by atoms with van der Waals surface area (Å²) < 4.78 is 0. The van der Waals surface area contributed by atoms with E-state index in [1.165, 1.54) is 5.39 Å². The summed E-state index contributed by atoms with van der Waals surface area (Å²) in [5.41, 5.74) is 2.55. The van der Waals surface area contributed by atoms with Crippen molar-refractivity contribution in [2.75, 3.05) is 6.54 Å². The molecule has 0 saturated carbocycles. The normalized spacial score (nSPS) is 10.1. The van der Waals surface area contributed by atoms with Gasteiger partial charge in [-0.1, -0.05) is 30.3 Å². The number of fused-ring (bicyclic) bond motifs is 1. The van der Waals surface area contributed by atoms with Crippen LogP contribution in [0.2, 0.25) is 0 Å². The van der Waals surface area contributed by atoms with E-state index in [-0.39, 0.29) is 6.54 Å². The Balaban J connectivity index is 2.19. The van der Waals surface area contributed by atoms with Crippen molar-refractivity contribution in [3.8, 4) is 5.75 Å². The molecular weight excluding hydrogens is 190 g/mol. The molecule has 2 aromatic rings. The average Bonchev–Trinajstić information content (AvgIpc) is 2.29. The zero-order valence-electron chi connectivity index (χ0n) is 8.14. The summed E-state index contributed by atoms with van der Waals surface area (Å²) in [5, 5.41) is 2.28. The van der Waals surface area contributed by atoms with Gasteiger partial charge in [0.25, 0.3) is 0 Å². The number of benzene rings is 2. The summed E-state index contributed by atoms with van der Waals surface area (Å²) in [6.07, 6.45) is 0.751. The lowest BCUT2D eigenvalue weighted by atomic mass is 10.1. The lowest BCUT2D eigenvalue weighted by Crippen LogP contribution is -2.20. The zero-order chi connectivity index (χ0) is 10.5. The molecule has 0 saturated heterocycles. The first-order valence-corrected chi connectivity index (χ1v) is 4.72. The predicted molar refractivity (Wildman–Crippen MR) is 58.6 cm³/mol. The molecule has 3 nitrogen and oxygen atoms in total. The van der Waals surface area contributed by atoms with Crippen LogP contribution in [-0.2, 0) is 4.79 Å². The van der Waals surface area contributed by atoms with Gasteiger partial charge in [0, 0.05) is 0 Å². The summed E-state index contributed by atoms with van der Waals surface area (Å²) in [7, 11) is 0. The van der Waals surface area contributed by atoms with Crippen LogP contribution in [0.4, 0.5) is 0 Å². The van der Waals surface area contributed by atoms with Gasteiger partial charge in [-0.2, -0.15) is 0 Å². The van der Waals surface area contributed by atoms with Gasteiger partial charge >= 0.3 is 0 Å². The summed E-state index contributed by atoms with van der Waals surface area (Å²) in [6.45, 7) is 0.187. The highest BCUT2D eigenvalue weighted by molar-refractivity contribution is 5.83. The first-order valence-electron chi connectivity index (χ1n) is 4.72. The lowest BCUT2D eigenvalue weighted by molar-refractivity contribution is -0.108. The molecule has 0 fully saturated rings. The third-order valence-corrected chi connectivity index (χ3v) is 2.08. The Kier molecular flexibility index (Phi) is 2.95. The number of nitrogens with one attached hydrogen (secondary N) is 1. The van der Waals surface area contributed by atoms with Gasteiger partial charge in [0.2, 0.25) is 0 Å². The number of hydrogen-bond donors (Lipinski definition) is 1. The van der Waals surface area contributed by atoms with Crippen molar-refractivity contribution in [2.24, 2.45) is 0 Å². The Morgan fingerprint density at radius 2 is 1.93 bits per heavy atom. The first kappa shape index (κ1) is 9.68. The highest BCUT2D eigenvalue weighted by atomic mass is 16.6. The molecule has 0 unspecified atom stereocenters. The van der Waals surface area contributed by atoms with Crippen LogP contribution in [0, 0.1) is 0 Å². The van der Waals surface area contributed by atoms with E-state index in [1.54, 1.807) is 0 Å². The smallest absolute Gasteiger partial charge is 0.147 e. The van der Waals surface area contributed by atoms with Crippen LogP contribution in [0.15, 0.2) is 42.5 Å². The van der Waals surface area contributed by atoms with Crippen LogP contribution < -0.4 is 10.3 Å². The Morgan fingerprint density at radius 3 is 2.73 bits per heavy atom. The number of aldehydes is 1. The second-order valence-corrected chi connectivity index (χ2v) is 3.13. The van der Waals surface area contributed by atoms with E-state index in [0.29, 0.717) is 5.75 Å². The maximum absolute atomic E-state index is 10.1. The van der Waals surface area contributed by atoms with Crippen LogP contribution in [0.1, 0.15) is 0 Å². The highest BCUT2D eigenvalue weighted by Gasteiger charge is 1.96. The second kappa shape index (κ2) is 4.57. The van der Waals surface area contributed by atoms with Gasteiger partial charge < -0.3 is 9.63 Å². The van der Waals surface area contributed by atoms with E-state index in [1.807, 2.05) is 42.5 Å². The molecule has 0 aromatic heterocycles. The van der Waals surface area contributed by atoms with Gasteiger partial charge in [-0.05, 0) is 22.9 Å². The number of carbonyl (C=O) groups excluding carboxylic acids is 1. The molecule has 15 heavy (non-hydrogen) atoms. The van der Waals surface area contributed by atoms with Gasteiger partial charge in [-0.25, -0.2) is 0 Å².